The van der Waals surface area contributed by atoms with E-state index in [1.54, 1.807) is 24.3 Å². The summed E-state index contributed by atoms with van der Waals surface area (Å²) in [6.45, 7) is 1.95. The first kappa shape index (κ1) is 22.0. The fourth-order valence-electron chi connectivity index (χ4n) is 3.75. The number of rotatable bonds is 6. The Kier molecular flexibility index (Phi) is 6.08. The van der Waals surface area contributed by atoms with Gasteiger partial charge in [-0.2, -0.15) is 0 Å². The molecule has 1 unspecified atom stereocenters. The van der Waals surface area contributed by atoms with Crippen LogP contribution in [0.1, 0.15) is 38.5 Å². The molecule has 8 nitrogen and oxygen atoms in total. The van der Waals surface area contributed by atoms with Gasteiger partial charge >= 0.3 is 5.97 Å². The molecule has 0 N–H and O–H groups in total. The van der Waals surface area contributed by atoms with Crippen molar-refractivity contribution in [2.24, 2.45) is 0 Å². The van der Waals surface area contributed by atoms with E-state index < -0.39 is 23.8 Å². The second kappa shape index (κ2) is 9.12. The topological polar surface area (TPSA) is 97.1 Å². The number of ether oxygens (including phenoxy) is 1. The molecular formula is C25H22N2O6. The van der Waals surface area contributed by atoms with Crippen LogP contribution in [0.4, 0.5) is 5.69 Å². The molecule has 0 saturated carbocycles. The molecule has 1 aliphatic rings. The standard InChI is InChI=1S/C25H22N2O6/c1-16-5-7-17(8-6-16)23(29)26(15-20-4-3-13-33-20)21-14-22(28)27(24(21)30)19-11-9-18(10-12-19)25(31)32-2/h3-13,21H,14-15H2,1-2H3. The van der Waals surface area contributed by atoms with Crippen molar-refractivity contribution in [1.29, 1.82) is 0 Å². The second-order valence-electron chi connectivity index (χ2n) is 7.70. The van der Waals surface area contributed by atoms with Gasteiger partial charge in [0.2, 0.25) is 5.91 Å². The minimum absolute atomic E-state index is 0.0402. The first-order valence-electron chi connectivity index (χ1n) is 10.3. The number of carbonyl (C=O) groups excluding carboxylic acids is 4. The second-order valence-corrected chi connectivity index (χ2v) is 7.70. The van der Waals surface area contributed by atoms with E-state index in [1.165, 1.54) is 42.5 Å². The fraction of sp³-hybridized carbons (Fsp3) is 0.200. The van der Waals surface area contributed by atoms with Gasteiger partial charge in [0.05, 0.1) is 37.6 Å². The van der Waals surface area contributed by atoms with E-state index in [0.29, 0.717) is 22.6 Å². The number of carbonyl (C=O) groups is 4. The Morgan fingerprint density at radius 3 is 2.30 bits per heavy atom. The number of esters is 1. The lowest BCUT2D eigenvalue weighted by Gasteiger charge is -2.27. The molecule has 8 heteroatoms. The van der Waals surface area contributed by atoms with Crippen LogP contribution in [0.5, 0.6) is 0 Å². The highest BCUT2D eigenvalue weighted by molar-refractivity contribution is 6.23. The molecule has 33 heavy (non-hydrogen) atoms. The SMILES string of the molecule is COC(=O)c1ccc(N2C(=O)CC(N(Cc3ccco3)C(=O)c3ccc(C)cc3)C2=O)cc1. The molecule has 1 aromatic heterocycles. The van der Waals surface area contributed by atoms with Gasteiger partial charge in [-0.25, -0.2) is 9.69 Å². The minimum atomic E-state index is -0.989. The summed E-state index contributed by atoms with van der Waals surface area (Å²) in [7, 11) is 1.27. The van der Waals surface area contributed by atoms with Crippen molar-refractivity contribution in [3.63, 3.8) is 0 Å². The Bertz CT molecular complexity index is 1180. The summed E-state index contributed by atoms with van der Waals surface area (Å²) in [5.74, 6) is -1.35. The van der Waals surface area contributed by atoms with Gasteiger partial charge < -0.3 is 14.1 Å². The van der Waals surface area contributed by atoms with E-state index in [1.807, 2.05) is 19.1 Å². The van der Waals surface area contributed by atoms with Gasteiger partial charge in [-0.1, -0.05) is 17.7 Å². The lowest BCUT2D eigenvalue weighted by Crippen LogP contribution is -2.45. The van der Waals surface area contributed by atoms with Crippen LogP contribution in [0.25, 0.3) is 0 Å². The van der Waals surface area contributed by atoms with Crippen molar-refractivity contribution in [3.05, 3.63) is 89.4 Å². The molecule has 2 aromatic carbocycles. The highest BCUT2D eigenvalue weighted by atomic mass is 16.5. The molecule has 3 aromatic rings. The number of aryl methyl sites for hydroxylation is 1. The van der Waals surface area contributed by atoms with E-state index in [0.717, 1.165) is 10.5 Å². The Balaban J connectivity index is 1.64. The first-order chi connectivity index (χ1) is 15.9. The van der Waals surface area contributed by atoms with Crippen molar-refractivity contribution in [2.75, 3.05) is 12.0 Å². The number of hydrogen-bond acceptors (Lipinski definition) is 6. The van der Waals surface area contributed by atoms with Crippen molar-refractivity contribution in [2.45, 2.75) is 25.9 Å². The average Bonchev–Trinajstić information content (AvgIpc) is 3.44. The number of benzene rings is 2. The third-order valence-corrected chi connectivity index (χ3v) is 5.51. The van der Waals surface area contributed by atoms with Gasteiger partial charge in [0.1, 0.15) is 11.8 Å². The molecule has 4 rings (SSSR count). The van der Waals surface area contributed by atoms with E-state index in [9.17, 15) is 19.2 Å². The summed E-state index contributed by atoms with van der Waals surface area (Å²) in [6.07, 6.45) is 1.33. The number of imide groups is 1. The van der Waals surface area contributed by atoms with Crippen molar-refractivity contribution >= 4 is 29.4 Å². The lowest BCUT2D eigenvalue weighted by molar-refractivity contribution is -0.122. The molecule has 1 atom stereocenters. The Morgan fingerprint density at radius 2 is 1.70 bits per heavy atom. The number of methoxy groups -OCH3 is 1. The van der Waals surface area contributed by atoms with Crippen LogP contribution in [0.15, 0.2) is 71.3 Å². The zero-order chi connectivity index (χ0) is 23.5. The van der Waals surface area contributed by atoms with Gasteiger partial charge in [0.15, 0.2) is 0 Å². The maximum Gasteiger partial charge on any atom is 0.337 e. The maximum absolute atomic E-state index is 13.4. The number of hydrogen-bond donors (Lipinski definition) is 0. The van der Waals surface area contributed by atoms with Crippen LogP contribution in [0.2, 0.25) is 0 Å². The third kappa shape index (κ3) is 4.41. The highest BCUT2D eigenvalue weighted by Crippen LogP contribution is 2.28. The average molecular weight is 446 g/mol. The zero-order valence-electron chi connectivity index (χ0n) is 18.2. The molecule has 1 fully saturated rings. The molecule has 3 amide bonds. The van der Waals surface area contributed by atoms with Crippen molar-refractivity contribution in [3.8, 4) is 0 Å². The van der Waals surface area contributed by atoms with Crippen LogP contribution in [-0.2, 0) is 20.9 Å². The summed E-state index contributed by atoms with van der Waals surface area (Å²) >= 11 is 0. The lowest BCUT2D eigenvalue weighted by atomic mass is 10.1. The van der Waals surface area contributed by atoms with E-state index in [2.05, 4.69) is 4.74 Å². The van der Waals surface area contributed by atoms with Crippen LogP contribution in [0.3, 0.4) is 0 Å². The molecule has 0 aliphatic carbocycles. The first-order valence-corrected chi connectivity index (χ1v) is 10.3. The van der Waals surface area contributed by atoms with E-state index in [-0.39, 0.29) is 18.9 Å². The summed E-state index contributed by atoms with van der Waals surface area (Å²) in [6, 6.07) is 15.4. The number of nitrogens with zero attached hydrogens (tertiary/aromatic N) is 2. The van der Waals surface area contributed by atoms with Gasteiger partial charge in [0.25, 0.3) is 11.8 Å². The Hall–Kier alpha value is -4.20. The zero-order valence-corrected chi connectivity index (χ0v) is 18.2. The molecule has 0 spiro atoms. The van der Waals surface area contributed by atoms with Gasteiger partial charge in [0, 0.05) is 5.56 Å². The molecule has 2 heterocycles. The summed E-state index contributed by atoms with van der Waals surface area (Å²) < 4.78 is 10.1. The highest BCUT2D eigenvalue weighted by Gasteiger charge is 2.44. The van der Waals surface area contributed by atoms with Gasteiger partial charge in [-0.3, -0.25) is 14.4 Å². The predicted molar refractivity (Wildman–Crippen MR) is 118 cm³/mol. The number of furan rings is 1. The Morgan fingerprint density at radius 1 is 1.03 bits per heavy atom. The van der Waals surface area contributed by atoms with Crippen LogP contribution >= 0.6 is 0 Å². The summed E-state index contributed by atoms with van der Waals surface area (Å²) in [5, 5.41) is 0. The Labute approximate surface area is 190 Å². The van der Waals surface area contributed by atoms with Gasteiger partial charge in [-0.15, -0.1) is 0 Å². The van der Waals surface area contributed by atoms with E-state index in [4.69, 9.17) is 4.42 Å². The van der Waals surface area contributed by atoms with E-state index >= 15 is 0 Å². The molecule has 1 saturated heterocycles. The largest absolute Gasteiger partial charge is 0.467 e. The van der Waals surface area contributed by atoms with Gasteiger partial charge in [-0.05, 0) is 55.5 Å². The predicted octanol–water partition coefficient (Wildman–Crippen LogP) is 3.35. The third-order valence-electron chi connectivity index (χ3n) is 5.51. The van der Waals surface area contributed by atoms with Crippen LogP contribution < -0.4 is 4.90 Å². The number of anilines is 1. The molecule has 168 valence electrons. The maximum atomic E-state index is 13.4. The quantitative estimate of drug-likeness (QED) is 0.426. The molecule has 1 aliphatic heterocycles. The molecular weight excluding hydrogens is 424 g/mol. The molecule has 0 radical (unpaired) electrons. The van der Waals surface area contributed by atoms with Crippen molar-refractivity contribution in [1.82, 2.24) is 4.90 Å². The molecule has 0 bridgehead atoms. The summed E-state index contributed by atoms with van der Waals surface area (Å²) in [5.41, 5.74) is 2.03. The normalized spacial score (nSPS) is 15.6. The number of amides is 3. The van der Waals surface area contributed by atoms with Crippen molar-refractivity contribution < 1.29 is 28.3 Å². The fourth-order valence-corrected chi connectivity index (χ4v) is 3.75. The van der Waals surface area contributed by atoms with Crippen LogP contribution in [0, 0.1) is 6.92 Å². The monoisotopic (exact) mass is 446 g/mol. The minimum Gasteiger partial charge on any atom is -0.467 e. The smallest absolute Gasteiger partial charge is 0.337 e. The van der Waals surface area contributed by atoms with Crippen LogP contribution in [-0.4, -0.2) is 41.7 Å². The summed E-state index contributed by atoms with van der Waals surface area (Å²) in [4.78, 5) is 53.6.